The van der Waals surface area contributed by atoms with E-state index in [2.05, 4.69) is 4.98 Å². The molecule has 16 heavy (non-hydrogen) atoms. The van der Waals surface area contributed by atoms with Gasteiger partial charge in [-0.2, -0.15) is 0 Å². The van der Waals surface area contributed by atoms with Crippen molar-refractivity contribution in [2.45, 2.75) is 19.8 Å². The standard InChI is InChI=1S/C12H13NO2S/c1-7(8(2)12(14)15)11-13-9-5-3-4-6-10(9)16-11/h3-8H,1-2H3,(H,14,15). The van der Waals surface area contributed by atoms with Crippen LogP contribution in [0.15, 0.2) is 24.3 Å². The third-order valence-corrected chi connectivity index (χ3v) is 4.08. The van der Waals surface area contributed by atoms with Crippen molar-refractivity contribution in [2.24, 2.45) is 5.92 Å². The summed E-state index contributed by atoms with van der Waals surface area (Å²) < 4.78 is 1.11. The highest BCUT2D eigenvalue weighted by atomic mass is 32.1. The Kier molecular flexibility index (Phi) is 2.92. The normalized spacial score (nSPS) is 14.9. The first-order valence-corrected chi connectivity index (χ1v) is 5.99. The Bertz CT molecular complexity index is 487. The molecule has 0 aliphatic rings. The van der Waals surface area contributed by atoms with Crippen molar-refractivity contribution in [3.8, 4) is 0 Å². The van der Waals surface area contributed by atoms with Crippen molar-refractivity contribution in [3.05, 3.63) is 29.3 Å². The van der Waals surface area contributed by atoms with Gasteiger partial charge in [-0.05, 0) is 12.1 Å². The number of hydrogen-bond acceptors (Lipinski definition) is 3. The van der Waals surface area contributed by atoms with Crippen molar-refractivity contribution >= 4 is 27.5 Å². The first kappa shape index (κ1) is 11.1. The van der Waals surface area contributed by atoms with Gasteiger partial charge in [-0.25, -0.2) is 4.98 Å². The topological polar surface area (TPSA) is 50.2 Å². The predicted octanol–water partition coefficient (Wildman–Crippen LogP) is 3.12. The summed E-state index contributed by atoms with van der Waals surface area (Å²) in [4.78, 5) is 15.4. The lowest BCUT2D eigenvalue weighted by Crippen LogP contribution is -2.16. The highest BCUT2D eigenvalue weighted by Gasteiger charge is 2.23. The Balaban J connectivity index is 2.36. The number of aliphatic carboxylic acids is 1. The van der Waals surface area contributed by atoms with Gasteiger partial charge in [0.15, 0.2) is 0 Å². The molecule has 2 unspecified atom stereocenters. The number of aromatic nitrogens is 1. The zero-order chi connectivity index (χ0) is 11.7. The second kappa shape index (κ2) is 4.22. The lowest BCUT2D eigenvalue weighted by molar-refractivity contribution is -0.141. The number of carboxylic acid groups (broad SMARTS) is 1. The summed E-state index contributed by atoms with van der Waals surface area (Å²) in [5.41, 5.74) is 0.951. The Hall–Kier alpha value is -1.42. The average Bonchev–Trinajstić information content (AvgIpc) is 2.70. The number of rotatable bonds is 3. The van der Waals surface area contributed by atoms with Crippen molar-refractivity contribution < 1.29 is 9.90 Å². The van der Waals surface area contributed by atoms with Crippen LogP contribution in [0.4, 0.5) is 0 Å². The maximum absolute atomic E-state index is 10.9. The van der Waals surface area contributed by atoms with E-state index in [4.69, 9.17) is 5.11 Å². The van der Waals surface area contributed by atoms with E-state index in [0.717, 1.165) is 15.2 Å². The van der Waals surface area contributed by atoms with Gasteiger partial charge in [0, 0.05) is 5.92 Å². The fourth-order valence-corrected chi connectivity index (χ4v) is 2.64. The summed E-state index contributed by atoms with van der Waals surface area (Å²) in [6, 6.07) is 7.87. The molecule has 0 fully saturated rings. The smallest absolute Gasteiger partial charge is 0.306 e. The van der Waals surface area contributed by atoms with E-state index in [9.17, 15) is 4.79 Å². The van der Waals surface area contributed by atoms with Gasteiger partial charge in [0.2, 0.25) is 0 Å². The summed E-state index contributed by atoms with van der Waals surface area (Å²) >= 11 is 1.58. The van der Waals surface area contributed by atoms with Crippen LogP contribution >= 0.6 is 11.3 Å². The molecule has 4 heteroatoms. The van der Waals surface area contributed by atoms with Gasteiger partial charge in [0.05, 0.1) is 21.1 Å². The van der Waals surface area contributed by atoms with Crippen LogP contribution in [0, 0.1) is 5.92 Å². The van der Waals surface area contributed by atoms with Crippen LogP contribution in [0.25, 0.3) is 10.2 Å². The minimum Gasteiger partial charge on any atom is -0.481 e. The molecule has 2 aromatic rings. The van der Waals surface area contributed by atoms with Crippen LogP contribution in [0.3, 0.4) is 0 Å². The molecule has 0 aliphatic heterocycles. The van der Waals surface area contributed by atoms with Crippen molar-refractivity contribution in [2.75, 3.05) is 0 Å². The second-order valence-corrected chi connectivity index (χ2v) is 5.00. The summed E-state index contributed by atoms with van der Waals surface area (Å²) in [5.74, 6) is -1.22. The highest BCUT2D eigenvalue weighted by Crippen LogP contribution is 2.31. The number of fused-ring (bicyclic) bond motifs is 1. The summed E-state index contributed by atoms with van der Waals surface area (Å²) in [5, 5.41) is 9.86. The molecular formula is C12H13NO2S. The number of benzene rings is 1. The van der Waals surface area contributed by atoms with Crippen molar-refractivity contribution in [3.63, 3.8) is 0 Å². The first-order valence-electron chi connectivity index (χ1n) is 5.18. The van der Waals surface area contributed by atoms with Crippen LogP contribution in [0.1, 0.15) is 24.8 Å². The Morgan fingerprint density at radius 1 is 1.38 bits per heavy atom. The van der Waals surface area contributed by atoms with E-state index in [0.29, 0.717) is 0 Å². The molecule has 0 aliphatic carbocycles. The van der Waals surface area contributed by atoms with Gasteiger partial charge in [-0.15, -0.1) is 11.3 Å². The fraction of sp³-hybridized carbons (Fsp3) is 0.333. The molecule has 0 radical (unpaired) electrons. The summed E-state index contributed by atoms with van der Waals surface area (Å²) in [7, 11) is 0. The Labute approximate surface area is 97.8 Å². The van der Waals surface area contributed by atoms with Gasteiger partial charge in [-0.3, -0.25) is 4.79 Å². The van der Waals surface area contributed by atoms with Gasteiger partial charge in [0.25, 0.3) is 0 Å². The zero-order valence-electron chi connectivity index (χ0n) is 9.18. The Morgan fingerprint density at radius 3 is 2.69 bits per heavy atom. The minimum atomic E-state index is -0.772. The molecule has 84 valence electrons. The molecule has 1 heterocycles. The number of para-hydroxylation sites is 1. The maximum atomic E-state index is 10.9. The van der Waals surface area contributed by atoms with Crippen LogP contribution in [0.2, 0.25) is 0 Å². The molecule has 0 bridgehead atoms. The van der Waals surface area contributed by atoms with E-state index in [1.54, 1.807) is 18.3 Å². The van der Waals surface area contributed by atoms with Crippen LogP contribution < -0.4 is 0 Å². The molecule has 0 amide bonds. The van der Waals surface area contributed by atoms with Crippen molar-refractivity contribution in [1.29, 1.82) is 0 Å². The molecular weight excluding hydrogens is 222 g/mol. The third-order valence-electron chi connectivity index (χ3n) is 2.84. The van der Waals surface area contributed by atoms with E-state index in [-0.39, 0.29) is 5.92 Å². The number of nitrogens with zero attached hydrogens (tertiary/aromatic N) is 1. The molecule has 1 aromatic carbocycles. The molecule has 0 saturated heterocycles. The predicted molar refractivity (Wildman–Crippen MR) is 64.8 cm³/mol. The largest absolute Gasteiger partial charge is 0.481 e. The van der Waals surface area contributed by atoms with Gasteiger partial charge in [-0.1, -0.05) is 26.0 Å². The SMILES string of the molecule is CC(C(=O)O)C(C)c1nc2ccccc2s1. The minimum absolute atomic E-state index is 0.0464. The average molecular weight is 235 g/mol. The molecule has 3 nitrogen and oxygen atoms in total. The Morgan fingerprint density at radius 2 is 2.06 bits per heavy atom. The first-order chi connectivity index (χ1) is 7.59. The number of hydrogen-bond donors (Lipinski definition) is 1. The molecule has 2 atom stereocenters. The lowest BCUT2D eigenvalue weighted by atomic mass is 9.97. The van der Waals surface area contributed by atoms with E-state index in [1.807, 2.05) is 31.2 Å². The van der Waals surface area contributed by atoms with Crippen LogP contribution in [0.5, 0.6) is 0 Å². The summed E-state index contributed by atoms with van der Waals surface area (Å²) in [6.45, 7) is 3.63. The molecule has 2 rings (SSSR count). The van der Waals surface area contributed by atoms with E-state index < -0.39 is 11.9 Å². The molecule has 1 N–H and O–H groups in total. The van der Waals surface area contributed by atoms with E-state index in [1.165, 1.54) is 0 Å². The monoisotopic (exact) mass is 235 g/mol. The lowest BCUT2D eigenvalue weighted by Gasteiger charge is -2.12. The van der Waals surface area contributed by atoms with Crippen molar-refractivity contribution in [1.82, 2.24) is 4.98 Å². The second-order valence-electron chi connectivity index (χ2n) is 3.94. The number of carboxylic acids is 1. The maximum Gasteiger partial charge on any atom is 0.306 e. The van der Waals surface area contributed by atoms with Crippen LogP contribution in [-0.4, -0.2) is 16.1 Å². The fourth-order valence-electron chi connectivity index (χ4n) is 1.51. The third kappa shape index (κ3) is 1.93. The van der Waals surface area contributed by atoms with Crippen LogP contribution in [-0.2, 0) is 4.79 Å². The van der Waals surface area contributed by atoms with Gasteiger partial charge in [0.1, 0.15) is 0 Å². The zero-order valence-corrected chi connectivity index (χ0v) is 9.99. The van der Waals surface area contributed by atoms with Gasteiger partial charge >= 0.3 is 5.97 Å². The number of thiazole rings is 1. The van der Waals surface area contributed by atoms with E-state index >= 15 is 0 Å². The quantitative estimate of drug-likeness (QED) is 0.889. The highest BCUT2D eigenvalue weighted by molar-refractivity contribution is 7.18. The molecule has 1 aromatic heterocycles. The number of carbonyl (C=O) groups is 1. The van der Waals surface area contributed by atoms with Gasteiger partial charge < -0.3 is 5.11 Å². The molecule has 0 saturated carbocycles. The summed E-state index contributed by atoms with van der Waals surface area (Å²) in [6.07, 6.45) is 0. The molecule has 0 spiro atoms.